The zero-order valence-electron chi connectivity index (χ0n) is 10.8. The standard InChI is InChI=1S/C14H16F2N2O/c1-14(4-6-19-7-5-14)9-18-11-3-2-10(8-17)12(15)13(11)16/h2-3,18H,4-7,9H2,1H3. The first-order valence-corrected chi connectivity index (χ1v) is 6.25. The molecular weight excluding hydrogens is 250 g/mol. The molecule has 5 heteroatoms. The lowest BCUT2D eigenvalue weighted by atomic mass is 9.82. The lowest BCUT2D eigenvalue weighted by Crippen LogP contribution is -2.33. The van der Waals surface area contributed by atoms with Crippen molar-refractivity contribution >= 4 is 5.69 Å². The Hall–Kier alpha value is -1.67. The quantitative estimate of drug-likeness (QED) is 0.914. The summed E-state index contributed by atoms with van der Waals surface area (Å²) in [5.74, 6) is -2.08. The van der Waals surface area contributed by atoms with Gasteiger partial charge in [-0.2, -0.15) is 5.26 Å². The van der Waals surface area contributed by atoms with Crippen LogP contribution in [0.25, 0.3) is 0 Å². The Kier molecular flexibility index (Phi) is 4.01. The molecule has 1 fully saturated rings. The summed E-state index contributed by atoms with van der Waals surface area (Å²) in [6.45, 7) is 4.05. The minimum atomic E-state index is -1.09. The number of benzene rings is 1. The smallest absolute Gasteiger partial charge is 0.183 e. The number of nitriles is 1. The highest BCUT2D eigenvalue weighted by Crippen LogP contribution is 2.30. The van der Waals surface area contributed by atoms with E-state index >= 15 is 0 Å². The molecule has 0 unspecified atom stereocenters. The molecule has 19 heavy (non-hydrogen) atoms. The van der Waals surface area contributed by atoms with Gasteiger partial charge in [0.15, 0.2) is 11.6 Å². The van der Waals surface area contributed by atoms with E-state index < -0.39 is 11.6 Å². The third-order valence-corrected chi connectivity index (χ3v) is 3.61. The fourth-order valence-corrected chi connectivity index (χ4v) is 2.12. The number of ether oxygens (including phenoxy) is 1. The van der Waals surface area contributed by atoms with Gasteiger partial charge in [0.1, 0.15) is 6.07 Å². The van der Waals surface area contributed by atoms with Crippen molar-refractivity contribution in [2.75, 3.05) is 25.1 Å². The molecule has 0 amide bonds. The highest BCUT2D eigenvalue weighted by Gasteiger charge is 2.27. The summed E-state index contributed by atoms with van der Waals surface area (Å²) in [6, 6.07) is 4.30. The van der Waals surface area contributed by atoms with Gasteiger partial charge in [-0.1, -0.05) is 6.92 Å². The van der Waals surface area contributed by atoms with Crippen LogP contribution in [0.15, 0.2) is 12.1 Å². The van der Waals surface area contributed by atoms with Crippen LogP contribution in [-0.2, 0) is 4.74 Å². The van der Waals surface area contributed by atoms with Gasteiger partial charge in [0.05, 0.1) is 11.3 Å². The van der Waals surface area contributed by atoms with Crippen molar-refractivity contribution < 1.29 is 13.5 Å². The van der Waals surface area contributed by atoms with Gasteiger partial charge >= 0.3 is 0 Å². The Morgan fingerprint density at radius 3 is 2.63 bits per heavy atom. The average Bonchev–Trinajstić information content (AvgIpc) is 2.41. The number of halogens is 2. The predicted octanol–water partition coefficient (Wildman–Crippen LogP) is 3.07. The monoisotopic (exact) mass is 266 g/mol. The molecular formula is C14H16F2N2O. The van der Waals surface area contributed by atoms with Crippen LogP contribution in [0.2, 0.25) is 0 Å². The Morgan fingerprint density at radius 2 is 2.00 bits per heavy atom. The van der Waals surface area contributed by atoms with E-state index in [0.29, 0.717) is 19.8 Å². The molecule has 0 saturated carbocycles. The highest BCUT2D eigenvalue weighted by atomic mass is 19.2. The zero-order chi connectivity index (χ0) is 13.9. The molecule has 1 aromatic carbocycles. The first kappa shape index (κ1) is 13.8. The van der Waals surface area contributed by atoms with E-state index in [1.165, 1.54) is 12.1 Å². The molecule has 0 radical (unpaired) electrons. The number of nitrogens with one attached hydrogen (secondary N) is 1. The molecule has 0 spiro atoms. The lowest BCUT2D eigenvalue weighted by Gasteiger charge is -2.34. The maximum atomic E-state index is 13.7. The van der Waals surface area contributed by atoms with Gasteiger partial charge in [0.25, 0.3) is 0 Å². The van der Waals surface area contributed by atoms with Crippen molar-refractivity contribution in [3.8, 4) is 6.07 Å². The number of rotatable bonds is 3. The van der Waals surface area contributed by atoms with Gasteiger partial charge < -0.3 is 10.1 Å². The van der Waals surface area contributed by atoms with Crippen LogP contribution in [0, 0.1) is 28.4 Å². The Bertz CT molecular complexity index is 505. The molecule has 3 nitrogen and oxygen atoms in total. The molecule has 102 valence electrons. The summed E-state index contributed by atoms with van der Waals surface area (Å²) >= 11 is 0. The summed E-state index contributed by atoms with van der Waals surface area (Å²) in [5.41, 5.74) is -0.153. The van der Waals surface area contributed by atoms with E-state index in [-0.39, 0.29) is 16.7 Å². The second-order valence-corrected chi connectivity index (χ2v) is 5.18. The minimum Gasteiger partial charge on any atom is -0.382 e. The van der Waals surface area contributed by atoms with Crippen molar-refractivity contribution in [1.82, 2.24) is 0 Å². The summed E-state index contributed by atoms with van der Waals surface area (Å²) < 4.78 is 32.5. The van der Waals surface area contributed by atoms with Crippen LogP contribution in [0.1, 0.15) is 25.3 Å². The fraction of sp³-hybridized carbons (Fsp3) is 0.500. The molecule has 0 aromatic heterocycles. The maximum absolute atomic E-state index is 13.7. The third-order valence-electron chi connectivity index (χ3n) is 3.61. The molecule has 0 atom stereocenters. The van der Waals surface area contributed by atoms with Crippen LogP contribution in [-0.4, -0.2) is 19.8 Å². The predicted molar refractivity (Wildman–Crippen MR) is 67.7 cm³/mol. The summed E-state index contributed by atoms with van der Waals surface area (Å²) in [7, 11) is 0. The fourth-order valence-electron chi connectivity index (χ4n) is 2.12. The van der Waals surface area contributed by atoms with Crippen molar-refractivity contribution in [1.29, 1.82) is 5.26 Å². The molecule has 1 saturated heterocycles. The molecule has 1 N–H and O–H groups in total. The Labute approximate surface area is 111 Å². The maximum Gasteiger partial charge on any atom is 0.183 e. The van der Waals surface area contributed by atoms with E-state index in [1.807, 2.05) is 0 Å². The number of anilines is 1. The highest BCUT2D eigenvalue weighted by molar-refractivity contribution is 5.49. The van der Waals surface area contributed by atoms with Gasteiger partial charge in [-0.05, 0) is 30.4 Å². The molecule has 1 aliphatic heterocycles. The van der Waals surface area contributed by atoms with Crippen LogP contribution in [0.5, 0.6) is 0 Å². The largest absolute Gasteiger partial charge is 0.382 e. The Balaban J connectivity index is 2.08. The minimum absolute atomic E-state index is 0.0229. The van der Waals surface area contributed by atoms with Gasteiger partial charge in [-0.15, -0.1) is 0 Å². The van der Waals surface area contributed by atoms with Gasteiger partial charge in [0.2, 0.25) is 0 Å². The first-order chi connectivity index (χ1) is 9.06. The normalized spacial score (nSPS) is 17.8. The molecule has 1 aliphatic rings. The second kappa shape index (κ2) is 5.54. The summed E-state index contributed by atoms with van der Waals surface area (Å²) in [4.78, 5) is 0. The zero-order valence-corrected chi connectivity index (χ0v) is 10.8. The van der Waals surface area contributed by atoms with E-state index in [2.05, 4.69) is 12.2 Å². The molecule has 1 aromatic rings. The van der Waals surface area contributed by atoms with Crippen molar-refractivity contribution in [3.05, 3.63) is 29.3 Å². The summed E-state index contributed by atoms with van der Waals surface area (Å²) in [5, 5.41) is 11.6. The number of hydrogen-bond acceptors (Lipinski definition) is 3. The van der Waals surface area contributed by atoms with Crippen molar-refractivity contribution in [3.63, 3.8) is 0 Å². The summed E-state index contributed by atoms with van der Waals surface area (Å²) in [6.07, 6.45) is 1.78. The average molecular weight is 266 g/mol. The second-order valence-electron chi connectivity index (χ2n) is 5.18. The van der Waals surface area contributed by atoms with Crippen LogP contribution in [0.4, 0.5) is 14.5 Å². The van der Waals surface area contributed by atoms with E-state index in [9.17, 15) is 8.78 Å². The Morgan fingerprint density at radius 1 is 1.32 bits per heavy atom. The van der Waals surface area contributed by atoms with E-state index in [4.69, 9.17) is 10.00 Å². The van der Waals surface area contributed by atoms with Gasteiger partial charge in [-0.3, -0.25) is 0 Å². The molecule has 1 heterocycles. The van der Waals surface area contributed by atoms with Gasteiger partial charge in [-0.25, -0.2) is 8.78 Å². The third kappa shape index (κ3) is 3.02. The SMILES string of the molecule is CC1(CNc2ccc(C#N)c(F)c2F)CCOCC1. The molecule has 2 rings (SSSR count). The van der Waals surface area contributed by atoms with Crippen LogP contribution < -0.4 is 5.32 Å². The van der Waals surface area contributed by atoms with Crippen molar-refractivity contribution in [2.45, 2.75) is 19.8 Å². The number of hydrogen-bond donors (Lipinski definition) is 1. The first-order valence-electron chi connectivity index (χ1n) is 6.25. The van der Waals surface area contributed by atoms with Crippen LogP contribution in [0.3, 0.4) is 0 Å². The van der Waals surface area contributed by atoms with E-state index in [0.717, 1.165) is 12.8 Å². The lowest BCUT2D eigenvalue weighted by molar-refractivity contribution is 0.0300. The molecule has 0 bridgehead atoms. The number of nitrogens with zero attached hydrogens (tertiary/aromatic N) is 1. The molecule has 0 aliphatic carbocycles. The topological polar surface area (TPSA) is 45.0 Å². The van der Waals surface area contributed by atoms with Gasteiger partial charge in [0, 0.05) is 19.8 Å². The van der Waals surface area contributed by atoms with Crippen molar-refractivity contribution in [2.24, 2.45) is 5.41 Å². The van der Waals surface area contributed by atoms with E-state index in [1.54, 1.807) is 6.07 Å². The van der Waals surface area contributed by atoms with Crippen LogP contribution >= 0.6 is 0 Å².